The highest BCUT2D eigenvalue weighted by Gasteiger charge is 2.22. The summed E-state index contributed by atoms with van der Waals surface area (Å²) in [6.45, 7) is 1.80. The number of nitrogens with one attached hydrogen (secondary N) is 1. The van der Waals surface area contributed by atoms with Crippen LogP contribution in [-0.2, 0) is 17.6 Å². The fourth-order valence-electron chi connectivity index (χ4n) is 4.00. The van der Waals surface area contributed by atoms with E-state index in [0.717, 1.165) is 30.0 Å². The third-order valence-electron chi connectivity index (χ3n) is 5.38. The van der Waals surface area contributed by atoms with Gasteiger partial charge in [0, 0.05) is 28.8 Å². The molecule has 2 aromatic heterocycles. The Bertz CT molecular complexity index is 1300. The molecule has 140 valence electrons. The van der Waals surface area contributed by atoms with Gasteiger partial charge in [-0.2, -0.15) is 0 Å². The zero-order chi connectivity index (χ0) is 19.3. The van der Waals surface area contributed by atoms with Crippen LogP contribution in [0.1, 0.15) is 30.9 Å². The molecule has 0 bridgehead atoms. The number of fused-ring (bicyclic) bond motifs is 3. The monoisotopic (exact) mass is 373 g/mol. The molecule has 2 heterocycles. The van der Waals surface area contributed by atoms with Crippen LogP contribution in [0.2, 0.25) is 0 Å². The first kappa shape index (κ1) is 16.8. The molecule has 0 saturated carbocycles. The highest BCUT2D eigenvalue weighted by Crippen LogP contribution is 2.41. The first-order valence-electron chi connectivity index (χ1n) is 9.55. The second kappa shape index (κ2) is 6.37. The van der Waals surface area contributed by atoms with Crippen LogP contribution in [-0.4, -0.2) is 5.91 Å². The van der Waals surface area contributed by atoms with Gasteiger partial charge in [-0.3, -0.25) is 4.79 Å². The Morgan fingerprint density at radius 3 is 2.61 bits per heavy atom. The summed E-state index contributed by atoms with van der Waals surface area (Å²) >= 11 is 0. The number of benzene rings is 2. The highest BCUT2D eigenvalue weighted by atomic mass is 16.4. The van der Waals surface area contributed by atoms with Gasteiger partial charge in [-0.15, -0.1) is 0 Å². The summed E-state index contributed by atoms with van der Waals surface area (Å²) in [6, 6.07) is 13.0. The maximum Gasteiger partial charge on any atom is 0.336 e. The van der Waals surface area contributed by atoms with Crippen molar-refractivity contribution < 1.29 is 13.6 Å². The lowest BCUT2D eigenvalue weighted by molar-refractivity contribution is -0.115. The van der Waals surface area contributed by atoms with Gasteiger partial charge in [-0.05, 0) is 54.7 Å². The Balaban J connectivity index is 1.83. The fraction of sp³-hybridized carbons (Fsp3) is 0.217. The molecule has 1 amide bonds. The first-order chi connectivity index (χ1) is 13.6. The van der Waals surface area contributed by atoms with Crippen molar-refractivity contribution >= 4 is 33.5 Å². The van der Waals surface area contributed by atoms with Crippen molar-refractivity contribution in [3.63, 3.8) is 0 Å². The van der Waals surface area contributed by atoms with Crippen LogP contribution in [0.5, 0.6) is 0 Å². The van der Waals surface area contributed by atoms with Gasteiger partial charge < -0.3 is 14.2 Å². The van der Waals surface area contributed by atoms with Crippen LogP contribution >= 0.6 is 0 Å². The van der Waals surface area contributed by atoms with E-state index in [1.165, 1.54) is 17.2 Å². The van der Waals surface area contributed by atoms with E-state index in [-0.39, 0.29) is 5.91 Å². The van der Waals surface area contributed by atoms with Crippen molar-refractivity contribution in [3.05, 3.63) is 64.0 Å². The molecule has 4 aromatic rings. The number of anilines is 1. The van der Waals surface area contributed by atoms with Crippen molar-refractivity contribution in [1.29, 1.82) is 0 Å². The standard InChI is InChI=1S/C23H19NO4/c1-2-20(25)24-22-15-8-3-4-9-18(15)28-23(22)17-12-21(26)27-19-11-14-7-5-6-13(14)10-16(17)19/h3-4,8-12H,2,5-7H2,1H3,(H,24,25). The molecule has 0 atom stereocenters. The van der Waals surface area contributed by atoms with Crippen LogP contribution in [0, 0.1) is 0 Å². The number of rotatable bonds is 3. The fourth-order valence-corrected chi connectivity index (χ4v) is 4.00. The summed E-state index contributed by atoms with van der Waals surface area (Å²) in [7, 11) is 0. The molecule has 5 rings (SSSR count). The van der Waals surface area contributed by atoms with Gasteiger partial charge >= 0.3 is 5.63 Å². The minimum absolute atomic E-state index is 0.110. The lowest BCUT2D eigenvalue weighted by Gasteiger charge is -2.09. The molecule has 0 aliphatic heterocycles. The number of para-hydroxylation sites is 1. The Labute approximate surface area is 161 Å². The van der Waals surface area contributed by atoms with E-state index in [2.05, 4.69) is 11.4 Å². The zero-order valence-electron chi connectivity index (χ0n) is 15.5. The number of carbonyl (C=O) groups excluding carboxylic acids is 1. The molecule has 1 N–H and O–H groups in total. The number of hydrogen-bond donors (Lipinski definition) is 1. The van der Waals surface area contributed by atoms with E-state index in [4.69, 9.17) is 8.83 Å². The summed E-state index contributed by atoms with van der Waals surface area (Å²) in [4.78, 5) is 24.4. The van der Waals surface area contributed by atoms with Crippen molar-refractivity contribution in [2.24, 2.45) is 0 Å². The molecular weight excluding hydrogens is 354 g/mol. The Morgan fingerprint density at radius 2 is 1.79 bits per heavy atom. The molecule has 0 saturated heterocycles. The smallest absolute Gasteiger partial charge is 0.336 e. The molecule has 0 unspecified atom stereocenters. The SMILES string of the molecule is CCC(=O)Nc1c(-c2cc(=O)oc3cc4c(cc23)CCC4)oc2ccccc12. The number of furan rings is 1. The van der Waals surface area contributed by atoms with Crippen LogP contribution in [0.3, 0.4) is 0 Å². The Hall–Kier alpha value is -3.34. The van der Waals surface area contributed by atoms with Gasteiger partial charge in [-0.1, -0.05) is 19.1 Å². The lowest BCUT2D eigenvalue weighted by Crippen LogP contribution is -2.10. The highest BCUT2D eigenvalue weighted by molar-refractivity contribution is 6.09. The van der Waals surface area contributed by atoms with Crippen molar-refractivity contribution in [2.75, 3.05) is 5.32 Å². The van der Waals surface area contributed by atoms with Crippen LogP contribution in [0.4, 0.5) is 5.69 Å². The van der Waals surface area contributed by atoms with Gasteiger partial charge in [0.1, 0.15) is 11.2 Å². The minimum atomic E-state index is -0.436. The van der Waals surface area contributed by atoms with Gasteiger partial charge in [0.2, 0.25) is 5.91 Å². The number of carbonyl (C=O) groups is 1. The Kier molecular flexibility index (Phi) is 3.83. The van der Waals surface area contributed by atoms with Crippen LogP contribution in [0.25, 0.3) is 33.3 Å². The summed E-state index contributed by atoms with van der Waals surface area (Å²) < 4.78 is 11.6. The van der Waals surface area contributed by atoms with E-state index in [1.807, 2.05) is 30.3 Å². The van der Waals surface area contributed by atoms with Gasteiger partial charge in [0.05, 0.1) is 5.69 Å². The second-order valence-corrected chi connectivity index (χ2v) is 7.15. The van der Waals surface area contributed by atoms with Gasteiger partial charge in [0.15, 0.2) is 5.76 Å². The van der Waals surface area contributed by atoms with Gasteiger partial charge in [-0.25, -0.2) is 4.79 Å². The molecule has 1 aliphatic carbocycles. The normalized spacial score (nSPS) is 13.2. The summed E-state index contributed by atoms with van der Waals surface area (Å²) in [5.41, 5.74) is 4.52. The average molecular weight is 373 g/mol. The van der Waals surface area contributed by atoms with E-state index in [1.54, 1.807) is 6.92 Å². The summed E-state index contributed by atoms with van der Waals surface area (Å²) in [5.74, 6) is 0.375. The predicted octanol–water partition coefficient (Wildman–Crippen LogP) is 5.04. The molecule has 5 heteroatoms. The van der Waals surface area contributed by atoms with Crippen molar-refractivity contribution in [2.45, 2.75) is 32.6 Å². The van der Waals surface area contributed by atoms with Crippen LogP contribution in [0.15, 0.2) is 56.1 Å². The lowest BCUT2D eigenvalue weighted by atomic mass is 10.0. The van der Waals surface area contributed by atoms with Crippen molar-refractivity contribution in [1.82, 2.24) is 0 Å². The average Bonchev–Trinajstić information content (AvgIpc) is 3.30. The summed E-state index contributed by atoms with van der Waals surface area (Å²) in [6.07, 6.45) is 3.48. The molecule has 28 heavy (non-hydrogen) atoms. The quantitative estimate of drug-likeness (QED) is 0.511. The van der Waals surface area contributed by atoms with Crippen LogP contribution < -0.4 is 10.9 Å². The molecule has 1 aliphatic rings. The van der Waals surface area contributed by atoms with Gasteiger partial charge in [0.25, 0.3) is 0 Å². The molecule has 0 fully saturated rings. The predicted molar refractivity (Wildman–Crippen MR) is 109 cm³/mol. The Morgan fingerprint density at radius 1 is 1.00 bits per heavy atom. The van der Waals surface area contributed by atoms with E-state index >= 15 is 0 Å². The second-order valence-electron chi connectivity index (χ2n) is 7.15. The number of hydrogen-bond acceptors (Lipinski definition) is 4. The number of amides is 1. The molecule has 5 nitrogen and oxygen atoms in total. The van der Waals surface area contributed by atoms with Crippen molar-refractivity contribution in [3.8, 4) is 11.3 Å². The zero-order valence-corrected chi connectivity index (χ0v) is 15.5. The molecule has 0 radical (unpaired) electrons. The first-order valence-corrected chi connectivity index (χ1v) is 9.55. The van der Waals surface area contributed by atoms with E-state index < -0.39 is 5.63 Å². The maximum atomic E-state index is 12.3. The third kappa shape index (κ3) is 2.62. The largest absolute Gasteiger partial charge is 0.454 e. The molecular formula is C23H19NO4. The molecule has 0 spiro atoms. The third-order valence-corrected chi connectivity index (χ3v) is 5.38. The van der Waals surface area contributed by atoms with E-state index in [9.17, 15) is 9.59 Å². The van der Waals surface area contributed by atoms with E-state index in [0.29, 0.717) is 34.6 Å². The number of aryl methyl sites for hydroxylation is 2. The summed E-state index contributed by atoms with van der Waals surface area (Å²) in [5, 5.41) is 4.59. The maximum absolute atomic E-state index is 12.3. The molecule has 2 aromatic carbocycles. The topological polar surface area (TPSA) is 72.5 Å². The minimum Gasteiger partial charge on any atom is -0.454 e.